The van der Waals surface area contributed by atoms with Crippen molar-refractivity contribution in [1.82, 2.24) is 10.3 Å². The number of ether oxygens (including phenoxy) is 1. The molecule has 0 spiro atoms. The predicted molar refractivity (Wildman–Crippen MR) is 102 cm³/mol. The third-order valence-corrected chi connectivity index (χ3v) is 4.97. The molecule has 3 aromatic rings. The maximum atomic E-state index is 12.3. The number of carbonyl (C=O) groups excluding carboxylic acids is 1. The zero-order valence-corrected chi connectivity index (χ0v) is 15.9. The Balaban J connectivity index is 1.60. The Bertz CT molecular complexity index is 868. The van der Waals surface area contributed by atoms with E-state index in [-0.39, 0.29) is 17.8 Å². The summed E-state index contributed by atoms with van der Waals surface area (Å²) in [5.41, 5.74) is 2.01. The number of hydrogen-bond acceptors (Lipinski definition) is 5. The van der Waals surface area contributed by atoms with Crippen molar-refractivity contribution in [3.05, 3.63) is 64.6 Å². The zero-order valence-electron chi connectivity index (χ0n) is 15.1. The first-order valence-corrected chi connectivity index (χ1v) is 9.35. The number of hydrogen-bond donors (Lipinski definition) is 1. The second kappa shape index (κ2) is 8.29. The molecule has 2 heterocycles. The summed E-state index contributed by atoms with van der Waals surface area (Å²) in [4.78, 5) is 17.9. The van der Waals surface area contributed by atoms with Crippen LogP contribution in [0.1, 0.15) is 40.7 Å². The van der Waals surface area contributed by atoms with E-state index in [4.69, 9.17) is 9.15 Å². The fraction of sp³-hybridized carbons (Fsp3) is 0.300. The highest BCUT2D eigenvalue weighted by Gasteiger charge is 2.14. The van der Waals surface area contributed by atoms with E-state index >= 15 is 0 Å². The summed E-state index contributed by atoms with van der Waals surface area (Å²) < 4.78 is 11.0. The lowest BCUT2D eigenvalue weighted by molar-refractivity contribution is 0.0535. The molecule has 1 N–H and O–H groups in total. The van der Waals surface area contributed by atoms with Gasteiger partial charge in [-0.15, -0.1) is 11.3 Å². The van der Waals surface area contributed by atoms with Crippen LogP contribution in [0.15, 0.2) is 46.9 Å². The minimum absolute atomic E-state index is 0.116. The summed E-state index contributed by atoms with van der Waals surface area (Å²) in [7, 11) is 0. The minimum atomic E-state index is -0.241. The van der Waals surface area contributed by atoms with E-state index in [1.54, 1.807) is 23.5 Å². The third-order valence-electron chi connectivity index (χ3n) is 3.77. The molecule has 0 radical (unpaired) electrons. The van der Waals surface area contributed by atoms with Crippen LogP contribution in [0.4, 0.5) is 0 Å². The number of nitrogens with one attached hydrogen (secondary N) is 1. The molecule has 0 aliphatic carbocycles. The number of thiazole rings is 1. The predicted octanol–water partition coefficient (Wildman–Crippen LogP) is 4.57. The van der Waals surface area contributed by atoms with Gasteiger partial charge in [-0.3, -0.25) is 4.79 Å². The average molecular weight is 370 g/mol. The highest BCUT2D eigenvalue weighted by Crippen LogP contribution is 2.27. The van der Waals surface area contributed by atoms with Gasteiger partial charge in [0.05, 0.1) is 18.3 Å². The fourth-order valence-electron chi connectivity index (χ4n) is 2.37. The van der Waals surface area contributed by atoms with Crippen LogP contribution in [0.25, 0.3) is 10.6 Å². The highest BCUT2D eigenvalue weighted by molar-refractivity contribution is 7.15. The molecule has 0 saturated carbocycles. The molecule has 5 nitrogen and oxygen atoms in total. The maximum absolute atomic E-state index is 12.3. The third kappa shape index (κ3) is 4.59. The van der Waals surface area contributed by atoms with Crippen molar-refractivity contribution in [1.29, 1.82) is 0 Å². The number of amides is 1. The van der Waals surface area contributed by atoms with Crippen LogP contribution in [0, 0.1) is 6.92 Å². The lowest BCUT2D eigenvalue weighted by atomic mass is 10.2. The van der Waals surface area contributed by atoms with Gasteiger partial charge >= 0.3 is 0 Å². The summed E-state index contributed by atoms with van der Waals surface area (Å²) in [5, 5.41) is 3.85. The Labute approximate surface area is 157 Å². The molecule has 26 heavy (non-hydrogen) atoms. The molecular weight excluding hydrogens is 348 g/mol. The van der Waals surface area contributed by atoms with Crippen molar-refractivity contribution in [3.8, 4) is 10.6 Å². The standard InChI is InChI=1S/C20H22N2O3S/c1-13(2)24-12-16-9-10-17(25-16)19(23)21-11-18-14(3)22-20(26-18)15-7-5-4-6-8-15/h4-10,13H,11-12H2,1-3H3,(H,21,23). The van der Waals surface area contributed by atoms with Gasteiger partial charge < -0.3 is 14.5 Å². The minimum Gasteiger partial charge on any atom is -0.453 e. The van der Waals surface area contributed by atoms with Gasteiger partial charge in [0.25, 0.3) is 5.91 Å². The van der Waals surface area contributed by atoms with Gasteiger partial charge in [-0.2, -0.15) is 0 Å². The van der Waals surface area contributed by atoms with Gasteiger partial charge in [0.15, 0.2) is 5.76 Å². The van der Waals surface area contributed by atoms with Crippen molar-refractivity contribution in [2.24, 2.45) is 0 Å². The number of benzene rings is 1. The van der Waals surface area contributed by atoms with E-state index in [9.17, 15) is 4.79 Å². The second-order valence-corrected chi connectivity index (χ2v) is 7.29. The largest absolute Gasteiger partial charge is 0.453 e. The van der Waals surface area contributed by atoms with Gasteiger partial charge in [-0.1, -0.05) is 30.3 Å². The average Bonchev–Trinajstić information content (AvgIpc) is 3.25. The second-order valence-electron chi connectivity index (χ2n) is 6.20. The Morgan fingerprint density at radius 1 is 1.23 bits per heavy atom. The van der Waals surface area contributed by atoms with Gasteiger partial charge in [0.1, 0.15) is 17.4 Å². The van der Waals surface area contributed by atoms with E-state index in [0.717, 1.165) is 21.1 Å². The van der Waals surface area contributed by atoms with Gasteiger partial charge in [0, 0.05) is 10.4 Å². The van der Waals surface area contributed by atoms with Gasteiger partial charge in [-0.25, -0.2) is 4.98 Å². The summed E-state index contributed by atoms with van der Waals surface area (Å²) in [6.07, 6.45) is 0.116. The molecule has 0 fully saturated rings. The summed E-state index contributed by atoms with van der Waals surface area (Å²) in [5.74, 6) is 0.692. The Kier molecular flexibility index (Phi) is 5.85. The molecule has 3 rings (SSSR count). The summed E-state index contributed by atoms with van der Waals surface area (Å²) in [6, 6.07) is 13.5. The molecule has 0 atom stereocenters. The van der Waals surface area contributed by atoms with Crippen LogP contribution in [-0.2, 0) is 17.9 Å². The van der Waals surface area contributed by atoms with Gasteiger partial charge in [-0.05, 0) is 32.9 Å². The van der Waals surface area contributed by atoms with E-state index in [0.29, 0.717) is 18.9 Å². The smallest absolute Gasteiger partial charge is 0.287 e. The van der Waals surface area contributed by atoms with E-state index in [1.807, 2.05) is 51.1 Å². The van der Waals surface area contributed by atoms with Crippen molar-refractivity contribution < 1.29 is 13.9 Å². The first-order valence-electron chi connectivity index (χ1n) is 8.53. The Hall–Kier alpha value is -2.44. The Morgan fingerprint density at radius 2 is 2.00 bits per heavy atom. The Morgan fingerprint density at radius 3 is 2.73 bits per heavy atom. The molecule has 0 aliphatic heterocycles. The topological polar surface area (TPSA) is 64.4 Å². The molecule has 2 aromatic heterocycles. The number of furan rings is 1. The number of aryl methyl sites for hydroxylation is 1. The fourth-order valence-corrected chi connectivity index (χ4v) is 3.38. The number of aromatic nitrogens is 1. The lowest BCUT2D eigenvalue weighted by Crippen LogP contribution is -2.22. The molecule has 0 aliphatic rings. The zero-order chi connectivity index (χ0) is 18.5. The summed E-state index contributed by atoms with van der Waals surface area (Å²) >= 11 is 1.59. The van der Waals surface area contributed by atoms with E-state index < -0.39 is 0 Å². The van der Waals surface area contributed by atoms with Crippen LogP contribution >= 0.6 is 11.3 Å². The molecule has 0 unspecified atom stereocenters. The SMILES string of the molecule is Cc1nc(-c2ccccc2)sc1CNC(=O)c1ccc(COC(C)C)o1. The van der Waals surface area contributed by atoms with Crippen molar-refractivity contribution in [3.63, 3.8) is 0 Å². The highest BCUT2D eigenvalue weighted by atomic mass is 32.1. The van der Waals surface area contributed by atoms with E-state index in [1.165, 1.54) is 0 Å². The van der Waals surface area contributed by atoms with E-state index in [2.05, 4.69) is 10.3 Å². The number of carbonyl (C=O) groups is 1. The van der Waals surface area contributed by atoms with Crippen molar-refractivity contribution >= 4 is 17.2 Å². The monoisotopic (exact) mass is 370 g/mol. The molecular formula is C20H22N2O3S. The van der Waals surface area contributed by atoms with Crippen LogP contribution < -0.4 is 5.32 Å². The molecule has 136 valence electrons. The first kappa shape index (κ1) is 18.4. The quantitative estimate of drug-likeness (QED) is 0.662. The summed E-state index contributed by atoms with van der Waals surface area (Å²) in [6.45, 7) is 6.65. The van der Waals surface area contributed by atoms with Crippen LogP contribution in [-0.4, -0.2) is 17.0 Å². The molecule has 1 amide bonds. The lowest BCUT2D eigenvalue weighted by Gasteiger charge is -2.04. The van der Waals surface area contributed by atoms with Crippen LogP contribution in [0.2, 0.25) is 0 Å². The van der Waals surface area contributed by atoms with Crippen molar-refractivity contribution in [2.75, 3.05) is 0 Å². The molecule has 1 aromatic carbocycles. The van der Waals surface area contributed by atoms with Crippen LogP contribution in [0.5, 0.6) is 0 Å². The number of rotatable bonds is 7. The molecule has 0 saturated heterocycles. The normalized spacial score (nSPS) is 11.1. The van der Waals surface area contributed by atoms with Gasteiger partial charge in [0.2, 0.25) is 0 Å². The van der Waals surface area contributed by atoms with Crippen molar-refractivity contribution in [2.45, 2.75) is 40.0 Å². The molecule has 6 heteroatoms. The van der Waals surface area contributed by atoms with Crippen LogP contribution in [0.3, 0.4) is 0 Å². The molecule has 0 bridgehead atoms. The first-order chi connectivity index (χ1) is 12.5. The maximum Gasteiger partial charge on any atom is 0.287 e. The number of nitrogens with zero attached hydrogens (tertiary/aromatic N) is 1.